The van der Waals surface area contributed by atoms with Gasteiger partial charge in [-0.05, 0) is 43.5 Å². The summed E-state index contributed by atoms with van der Waals surface area (Å²) in [7, 11) is 1.90. The lowest BCUT2D eigenvalue weighted by Gasteiger charge is -2.06. The summed E-state index contributed by atoms with van der Waals surface area (Å²) in [5, 5.41) is 3.53. The maximum atomic E-state index is 12.8. The van der Waals surface area contributed by atoms with Gasteiger partial charge in [0, 0.05) is 29.3 Å². The van der Waals surface area contributed by atoms with Crippen LogP contribution in [-0.2, 0) is 18.3 Å². The Bertz CT molecular complexity index is 952. The Morgan fingerprint density at radius 2 is 1.73 bits per heavy atom. The van der Waals surface area contributed by atoms with Gasteiger partial charge in [0.05, 0.1) is 5.56 Å². The largest absolute Gasteiger partial charge is 0.347 e. The van der Waals surface area contributed by atoms with Gasteiger partial charge in [0.1, 0.15) is 0 Å². The van der Waals surface area contributed by atoms with E-state index in [2.05, 4.69) is 12.2 Å². The Hall–Kier alpha value is -2.88. The first-order valence-electron chi connectivity index (χ1n) is 9.01. The molecule has 1 heterocycles. The molecule has 0 spiro atoms. The second kappa shape index (κ2) is 7.56. The summed E-state index contributed by atoms with van der Waals surface area (Å²) in [6, 6.07) is 15.3. The van der Waals surface area contributed by atoms with Crippen LogP contribution < -0.4 is 5.32 Å². The molecular formula is C22H24N2O2. The van der Waals surface area contributed by atoms with Crippen molar-refractivity contribution in [2.24, 2.45) is 7.05 Å². The van der Waals surface area contributed by atoms with E-state index in [0.29, 0.717) is 11.3 Å². The van der Waals surface area contributed by atoms with Crippen molar-refractivity contribution in [3.8, 4) is 0 Å². The molecule has 0 unspecified atom stereocenters. The first-order chi connectivity index (χ1) is 12.5. The van der Waals surface area contributed by atoms with Crippen LogP contribution in [-0.4, -0.2) is 16.3 Å². The number of unbranched alkanes of at least 4 members (excludes halogenated alkanes) is 1. The van der Waals surface area contributed by atoms with Gasteiger partial charge in [-0.25, -0.2) is 0 Å². The Morgan fingerprint density at radius 1 is 1.04 bits per heavy atom. The molecule has 4 nitrogen and oxygen atoms in total. The molecule has 3 aromatic rings. The molecule has 0 saturated carbocycles. The summed E-state index contributed by atoms with van der Waals surface area (Å²) in [6.07, 6.45) is 3.32. The Morgan fingerprint density at radius 3 is 2.42 bits per heavy atom. The van der Waals surface area contributed by atoms with Gasteiger partial charge in [-0.3, -0.25) is 9.59 Å². The van der Waals surface area contributed by atoms with Crippen LogP contribution in [0.3, 0.4) is 0 Å². The quantitative estimate of drug-likeness (QED) is 0.521. The number of fused-ring (bicyclic) bond motifs is 1. The molecule has 0 aliphatic carbocycles. The Kier molecular flexibility index (Phi) is 5.21. The summed E-state index contributed by atoms with van der Waals surface area (Å²) >= 11 is 0. The Balaban J connectivity index is 1.81. The van der Waals surface area contributed by atoms with Crippen molar-refractivity contribution >= 4 is 28.3 Å². The predicted octanol–water partition coefficient (Wildman–Crippen LogP) is 4.65. The SMILES string of the molecule is CCCCc1ccc(NC(=O)C(=O)c2c(C)n(C)c3ccccc23)cc1. The lowest BCUT2D eigenvalue weighted by molar-refractivity contribution is -0.112. The zero-order valence-corrected chi connectivity index (χ0v) is 15.5. The molecule has 0 saturated heterocycles. The number of nitrogens with one attached hydrogen (secondary N) is 1. The second-order valence-corrected chi connectivity index (χ2v) is 6.62. The number of aryl methyl sites for hydroxylation is 2. The topological polar surface area (TPSA) is 51.1 Å². The standard InChI is InChI=1S/C22H24N2O2/c1-4-5-8-16-11-13-17(14-12-16)23-22(26)21(25)20-15(2)24(3)19-10-7-6-9-18(19)20/h6-7,9-14H,4-5,8H2,1-3H3,(H,23,26). The van der Waals surface area contributed by atoms with E-state index in [9.17, 15) is 9.59 Å². The van der Waals surface area contributed by atoms with E-state index in [0.717, 1.165) is 35.9 Å². The minimum atomic E-state index is -0.606. The van der Waals surface area contributed by atoms with Gasteiger partial charge >= 0.3 is 0 Å². The number of benzene rings is 2. The van der Waals surface area contributed by atoms with Gasteiger partial charge in [-0.15, -0.1) is 0 Å². The first kappa shape index (κ1) is 17.9. The normalized spacial score (nSPS) is 10.9. The van der Waals surface area contributed by atoms with E-state index in [1.165, 1.54) is 5.56 Å². The van der Waals surface area contributed by atoms with Gasteiger partial charge < -0.3 is 9.88 Å². The number of aromatic nitrogens is 1. The maximum Gasteiger partial charge on any atom is 0.296 e. The predicted molar refractivity (Wildman–Crippen MR) is 106 cm³/mol. The molecule has 134 valence electrons. The molecule has 4 heteroatoms. The number of hydrogen-bond acceptors (Lipinski definition) is 2. The number of nitrogens with zero attached hydrogens (tertiary/aromatic N) is 1. The fraction of sp³-hybridized carbons (Fsp3) is 0.273. The van der Waals surface area contributed by atoms with Crippen molar-refractivity contribution in [2.45, 2.75) is 33.1 Å². The van der Waals surface area contributed by atoms with Crippen molar-refractivity contribution < 1.29 is 9.59 Å². The summed E-state index contributed by atoms with van der Waals surface area (Å²) in [6.45, 7) is 4.03. The highest BCUT2D eigenvalue weighted by molar-refractivity contribution is 6.48. The summed E-state index contributed by atoms with van der Waals surface area (Å²) in [5.74, 6) is -1.11. The molecule has 0 atom stereocenters. The second-order valence-electron chi connectivity index (χ2n) is 6.62. The van der Waals surface area contributed by atoms with E-state index in [1.54, 1.807) is 0 Å². The lowest BCUT2D eigenvalue weighted by atomic mass is 10.1. The van der Waals surface area contributed by atoms with Crippen LogP contribution in [0.5, 0.6) is 0 Å². The highest BCUT2D eigenvalue weighted by Crippen LogP contribution is 2.25. The number of ketones is 1. The zero-order valence-electron chi connectivity index (χ0n) is 15.5. The smallest absolute Gasteiger partial charge is 0.296 e. The number of para-hydroxylation sites is 1. The van der Waals surface area contributed by atoms with Crippen molar-refractivity contribution in [1.82, 2.24) is 4.57 Å². The van der Waals surface area contributed by atoms with Gasteiger partial charge in [-0.2, -0.15) is 0 Å². The van der Waals surface area contributed by atoms with Crippen LogP contribution in [0, 0.1) is 6.92 Å². The van der Waals surface area contributed by atoms with Crippen LogP contribution in [0.25, 0.3) is 10.9 Å². The number of carbonyl (C=O) groups is 2. The molecule has 1 amide bonds. The van der Waals surface area contributed by atoms with Crippen molar-refractivity contribution in [3.63, 3.8) is 0 Å². The molecule has 26 heavy (non-hydrogen) atoms. The average molecular weight is 348 g/mol. The minimum Gasteiger partial charge on any atom is -0.347 e. The third-order valence-corrected chi connectivity index (χ3v) is 4.86. The highest BCUT2D eigenvalue weighted by atomic mass is 16.2. The van der Waals surface area contributed by atoms with Gasteiger partial charge in [0.15, 0.2) is 0 Å². The van der Waals surface area contributed by atoms with E-state index >= 15 is 0 Å². The van der Waals surface area contributed by atoms with Crippen LogP contribution in [0.2, 0.25) is 0 Å². The third kappa shape index (κ3) is 3.40. The molecule has 2 aromatic carbocycles. The number of anilines is 1. The molecule has 3 rings (SSSR count). The van der Waals surface area contributed by atoms with E-state index in [-0.39, 0.29) is 0 Å². The maximum absolute atomic E-state index is 12.8. The molecular weight excluding hydrogens is 324 g/mol. The summed E-state index contributed by atoms with van der Waals surface area (Å²) in [4.78, 5) is 25.3. The number of hydrogen-bond donors (Lipinski definition) is 1. The molecule has 0 aliphatic heterocycles. The average Bonchev–Trinajstić information content (AvgIpc) is 2.91. The fourth-order valence-corrected chi connectivity index (χ4v) is 3.24. The van der Waals surface area contributed by atoms with Crippen LogP contribution in [0.4, 0.5) is 5.69 Å². The number of Topliss-reactive ketones (excluding diaryl/α,β-unsaturated/α-hetero) is 1. The van der Waals surface area contributed by atoms with Crippen LogP contribution >= 0.6 is 0 Å². The zero-order chi connectivity index (χ0) is 18.7. The van der Waals surface area contributed by atoms with Crippen molar-refractivity contribution in [2.75, 3.05) is 5.32 Å². The van der Waals surface area contributed by atoms with Crippen molar-refractivity contribution in [1.29, 1.82) is 0 Å². The summed E-state index contributed by atoms with van der Waals surface area (Å²) in [5.41, 5.74) is 4.09. The summed E-state index contributed by atoms with van der Waals surface area (Å²) < 4.78 is 1.94. The van der Waals surface area contributed by atoms with Gasteiger partial charge in [0.2, 0.25) is 0 Å². The van der Waals surface area contributed by atoms with Crippen LogP contribution in [0.15, 0.2) is 48.5 Å². The monoisotopic (exact) mass is 348 g/mol. The number of carbonyl (C=O) groups excluding carboxylic acids is 2. The molecule has 1 aromatic heterocycles. The van der Waals surface area contributed by atoms with Gasteiger partial charge in [-0.1, -0.05) is 43.7 Å². The molecule has 1 N–H and O–H groups in total. The molecule has 0 aliphatic rings. The number of amides is 1. The molecule has 0 radical (unpaired) electrons. The highest BCUT2D eigenvalue weighted by Gasteiger charge is 2.24. The van der Waals surface area contributed by atoms with E-state index in [1.807, 2.05) is 67.1 Å². The number of rotatable bonds is 6. The molecule has 0 fully saturated rings. The van der Waals surface area contributed by atoms with Crippen molar-refractivity contribution in [3.05, 3.63) is 65.4 Å². The van der Waals surface area contributed by atoms with Gasteiger partial charge in [0.25, 0.3) is 11.7 Å². The van der Waals surface area contributed by atoms with E-state index < -0.39 is 11.7 Å². The third-order valence-electron chi connectivity index (χ3n) is 4.86. The fourth-order valence-electron chi connectivity index (χ4n) is 3.24. The Labute approximate surface area is 153 Å². The minimum absolute atomic E-state index is 0.472. The lowest BCUT2D eigenvalue weighted by Crippen LogP contribution is -2.23. The first-order valence-corrected chi connectivity index (χ1v) is 9.01. The molecule has 0 bridgehead atoms. The van der Waals surface area contributed by atoms with Crippen LogP contribution in [0.1, 0.15) is 41.4 Å². The van der Waals surface area contributed by atoms with E-state index in [4.69, 9.17) is 0 Å².